The summed E-state index contributed by atoms with van der Waals surface area (Å²) in [5.41, 5.74) is 0. The molecule has 0 bridgehead atoms. The van der Waals surface area contributed by atoms with Crippen LogP contribution in [0.25, 0.3) is 0 Å². The van der Waals surface area contributed by atoms with Crippen LogP contribution in [0, 0.1) is 11.3 Å². The number of alkyl halides is 3. The number of carbonyl (C=O) groups is 1. The predicted octanol–water partition coefficient (Wildman–Crippen LogP) is 1.76. The van der Waals surface area contributed by atoms with Crippen LogP contribution in [0.15, 0.2) is 0 Å². The van der Waals surface area contributed by atoms with E-state index in [1.807, 2.05) is 13.0 Å². The zero-order chi connectivity index (χ0) is 13.3. The molecule has 0 aromatic heterocycles. The van der Waals surface area contributed by atoms with Crippen LogP contribution < -0.4 is 5.32 Å². The largest absolute Gasteiger partial charge is 0.411 e. The van der Waals surface area contributed by atoms with Crippen molar-refractivity contribution in [2.45, 2.75) is 38.4 Å². The molecule has 0 aliphatic heterocycles. The Balaban J connectivity index is 3.69. The second-order valence-corrected chi connectivity index (χ2v) is 3.45. The SMILES string of the molecule is CCC(CC#N)NC(=O)CCOCC(F)(F)F. The molecule has 0 spiro atoms. The quantitative estimate of drug-likeness (QED) is 0.702. The summed E-state index contributed by atoms with van der Waals surface area (Å²) in [6.45, 7) is 0.173. The molecule has 17 heavy (non-hydrogen) atoms. The lowest BCUT2D eigenvalue weighted by Gasteiger charge is -2.13. The summed E-state index contributed by atoms with van der Waals surface area (Å²) >= 11 is 0. The van der Waals surface area contributed by atoms with Crippen LogP contribution in [0.1, 0.15) is 26.2 Å². The number of hydrogen-bond acceptors (Lipinski definition) is 3. The molecule has 0 aliphatic carbocycles. The number of rotatable bonds is 7. The summed E-state index contributed by atoms with van der Waals surface area (Å²) in [7, 11) is 0. The van der Waals surface area contributed by atoms with Crippen molar-refractivity contribution in [3.8, 4) is 6.07 Å². The van der Waals surface area contributed by atoms with Gasteiger partial charge in [0.1, 0.15) is 6.61 Å². The molecule has 0 aromatic rings. The third-order valence-electron chi connectivity index (χ3n) is 1.93. The minimum absolute atomic E-state index is 0.141. The summed E-state index contributed by atoms with van der Waals surface area (Å²) < 4.78 is 39.3. The molecule has 0 aliphatic rings. The fourth-order valence-corrected chi connectivity index (χ4v) is 1.06. The Hall–Kier alpha value is -1.29. The number of hydrogen-bond donors (Lipinski definition) is 1. The van der Waals surface area contributed by atoms with Gasteiger partial charge in [-0.3, -0.25) is 4.79 Å². The van der Waals surface area contributed by atoms with E-state index >= 15 is 0 Å². The van der Waals surface area contributed by atoms with Crippen LogP contribution >= 0.6 is 0 Å². The smallest absolute Gasteiger partial charge is 0.372 e. The molecule has 1 atom stereocenters. The van der Waals surface area contributed by atoms with Gasteiger partial charge in [0, 0.05) is 12.5 Å². The van der Waals surface area contributed by atoms with Gasteiger partial charge >= 0.3 is 6.18 Å². The van der Waals surface area contributed by atoms with Crippen LogP contribution in [-0.4, -0.2) is 31.3 Å². The second kappa shape index (κ2) is 7.90. The average Bonchev–Trinajstić information content (AvgIpc) is 2.22. The lowest BCUT2D eigenvalue weighted by molar-refractivity contribution is -0.174. The first kappa shape index (κ1) is 15.7. The van der Waals surface area contributed by atoms with E-state index in [0.717, 1.165) is 0 Å². The van der Waals surface area contributed by atoms with Gasteiger partial charge in [-0.2, -0.15) is 18.4 Å². The Labute approximate surface area is 97.7 Å². The average molecular weight is 252 g/mol. The molecule has 0 radical (unpaired) electrons. The lowest BCUT2D eigenvalue weighted by Crippen LogP contribution is -2.34. The molecule has 1 unspecified atom stereocenters. The number of ether oxygens (including phenoxy) is 1. The third kappa shape index (κ3) is 9.63. The minimum atomic E-state index is -4.37. The van der Waals surface area contributed by atoms with Gasteiger partial charge < -0.3 is 10.1 Å². The van der Waals surface area contributed by atoms with E-state index in [9.17, 15) is 18.0 Å². The topological polar surface area (TPSA) is 62.1 Å². The zero-order valence-electron chi connectivity index (χ0n) is 9.51. The summed E-state index contributed by atoms with van der Waals surface area (Å²) in [4.78, 5) is 11.2. The highest BCUT2D eigenvalue weighted by Crippen LogP contribution is 2.14. The first-order chi connectivity index (χ1) is 7.89. The first-order valence-corrected chi connectivity index (χ1v) is 5.19. The van der Waals surface area contributed by atoms with Gasteiger partial charge in [0.2, 0.25) is 5.91 Å². The van der Waals surface area contributed by atoms with Gasteiger partial charge in [-0.15, -0.1) is 0 Å². The Morgan fingerprint density at radius 1 is 1.53 bits per heavy atom. The Kier molecular flexibility index (Phi) is 7.30. The van der Waals surface area contributed by atoms with Gasteiger partial charge in [0.15, 0.2) is 0 Å². The summed E-state index contributed by atoms with van der Waals surface area (Å²) in [5.74, 6) is -0.408. The molecule has 1 amide bonds. The Morgan fingerprint density at radius 3 is 2.65 bits per heavy atom. The van der Waals surface area contributed by atoms with Gasteiger partial charge in [0.05, 0.1) is 19.1 Å². The molecule has 0 saturated heterocycles. The van der Waals surface area contributed by atoms with Crippen molar-refractivity contribution in [2.24, 2.45) is 0 Å². The van der Waals surface area contributed by atoms with E-state index in [-0.39, 0.29) is 25.5 Å². The maximum Gasteiger partial charge on any atom is 0.411 e. The van der Waals surface area contributed by atoms with E-state index in [1.54, 1.807) is 0 Å². The van der Waals surface area contributed by atoms with E-state index in [0.29, 0.717) is 6.42 Å². The molecule has 0 rings (SSSR count). The summed E-state index contributed by atoms with van der Waals surface area (Å²) in [6.07, 6.45) is -3.73. The van der Waals surface area contributed by atoms with Crippen molar-refractivity contribution in [3.63, 3.8) is 0 Å². The van der Waals surface area contributed by atoms with Gasteiger partial charge in [-0.25, -0.2) is 0 Å². The number of carbonyl (C=O) groups excluding carboxylic acids is 1. The number of nitriles is 1. The molecular weight excluding hydrogens is 237 g/mol. The highest BCUT2D eigenvalue weighted by molar-refractivity contribution is 5.76. The monoisotopic (exact) mass is 252 g/mol. The van der Waals surface area contributed by atoms with Crippen molar-refractivity contribution in [1.82, 2.24) is 5.32 Å². The van der Waals surface area contributed by atoms with Crippen molar-refractivity contribution in [1.29, 1.82) is 5.26 Å². The molecule has 1 N–H and O–H groups in total. The normalized spacial score (nSPS) is 12.9. The number of halogens is 3. The van der Waals surface area contributed by atoms with Crippen LogP contribution in [0.2, 0.25) is 0 Å². The van der Waals surface area contributed by atoms with E-state index in [1.165, 1.54) is 0 Å². The van der Waals surface area contributed by atoms with Crippen LogP contribution in [0.5, 0.6) is 0 Å². The third-order valence-corrected chi connectivity index (χ3v) is 1.93. The molecular formula is C10H15F3N2O2. The van der Waals surface area contributed by atoms with Gasteiger partial charge in [0.25, 0.3) is 0 Å². The van der Waals surface area contributed by atoms with Crippen LogP contribution in [0.4, 0.5) is 13.2 Å². The van der Waals surface area contributed by atoms with Crippen LogP contribution in [-0.2, 0) is 9.53 Å². The molecule has 0 heterocycles. The molecule has 4 nitrogen and oxygen atoms in total. The van der Waals surface area contributed by atoms with E-state index < -0.39 is 18.7 Å². The second-order valence-electron chi connectivity index (χ2n) is 3.45. The zero-order valence-corrected chi connectivity index (χ0v) is 9.51. The fraction of sp³-hybridized carbons (Fsp3) is 0.800. The maximum absolute atomic E-state index is 11.7. The summed E-state index contributed by atoms with van der Waals surface area (Å²) in [5, 5.41) is 11.0. The highest BCUT2D eigenvalue weighted by Gasteiger charge is 2.27. The van der Waals surface area contributed by atoms with Crippen molar-refractivity contribution in [2.75, 3.05) is 13.2 Å². The molecule has 0 fully saturated rings. The molecule has 0 aromatic carbocycles. The number of amides is 1. The Morgan fingerprint density at radius 2 is 2.18 bits per heavy atom. The lowest BCUT2D eigenvalue weighted by atomic mass is 10.1. The van der Waals surface area contributed by atoms with Crippen molar-refractivity contribution in [3.05, 3.63) is 0 Å². The Bertz CT molecular complexity index is 274. The van der Waals surface area contributed by atoms with Crippen LogP contribution in [0.3, 0.4) is 0 Å². The molecule has 98 valence electrons. The standard InChI is InChI=1S/C10H15F3N2O2/c1-2-8(3-5-14)15-9(16)4-6-17-7-10(11,12)13/h8H,2-4,6-7H2,1H3,(H,15,16). The predicted molar refractivity (Wildman–Crippen MR) is 53.9 cm³/mol. The minimum Gasteiger partial charge on any atom is -0.372 e. The van der Waals surface area contributed by atoms with Gasteiger partial charge in [-0.1, -0.05) is 6.92 Å². The maximum atomic E-state index is 11.7. The van der Waals surface area contributed by atoms with Crippen molar-refractivity contribution >= 4 is 5.91 Å². The summed E-state index contributed by atoms with van der Waals surface area (Å²) in [6, 6.07) is 1.66. The first-order valence-electron chi connectivity index (χ1n) is 5.19. The highest BCUT2D eigenvalue weighted by atomic mass is 19.4. The van der Waals surface area contributed by atoms with E-state index in [2.05, 4.69) is 10.1 Å². The number of nitrogens with zero attached hydrogens (tertiary/aromatic N) is 1. The molecule has 7 heteroatoms. The van der Waals surface area contributed by atoms with Gasteiger partial charge in [-0.05, 0) is 6.42 Å². The fourth-order valence-electron chi connectivity index (χ4n) is 1.06. The van der Waals surface area contributed by atoms with Crippen molar-refractivity contribution < 1.29 is 22.7 Å². The van der Waals surface area contributed by atoms with E-state index in [4.69, 9.17) is 5.26 Å². The number of nitrogens with one attached hydrogen (secondary N) is 1. The molecule has 0 saturated carbocycles.